The lowest BCUT2D eigenvalue weighted by molar-refractivity contribution is 0.130. The monoisotopic (exact) mass is 417 g/mol. The molecule has 2 aliphatic heterocycles. The number of allylic oxidation sites excluding steroid dienone is 3. The summed E-state index contributed by atoms with van der Waals surface area (Å²) in [5, 5.41) is 8.03. The predicted molar refractivity (Wildman–Crippen MR) is 123 cm³/mol. The Morgan fingerprint density at radius 1 is 1.03 bits per heavy atom. The van der Waals surface area contributed by atoms with Crippen LogP contribution in [0.25, 0.3) is 0 Å². The molecule has 5 nitrogen and oxygen atoms in total. The Morgan fingerprint density at radius 3 is 2.48 bits per heavy atom. The maximum atomic E-state index is 6.11. The molecule has 0 aromatic carbocycles. The molecule has 4 aliphatic rings. The molecule has 160 valence electrons. The van der Waals surface area contributed by atoms with E-state index < -0.39 is 0 Å². The van der Waals surface area contributed by atoms with Crippen LogP contribution < -0.4 is 10.6 Å². The van der Waals surface area contributed by atoms with E-state index in [0.29, 0.717) is 5.92 Å². The van der Waals surface area contributed by atoms with Crippen LogP contribution in [0.1, 0.15) is 25.7 Å². The summed E-state index contributed by atoms with van der Waals surface area (Å²) in [4.78, 5) is 9.78. The first kappa shape index (κ1) is 21.1. The van der Waals surface area contributed by atoms with Gasteiger partial charge in [-0.05, 0) is 76.0 Å². The van der Waals surface area contributed by atoms with Gasteiger partial charge in [0.25, 0.3) is 0 Å². The number of halogens is 1. The molecule has 0 spiro atoms. The number of nitrogens with one attached hydrogen (secondary N) is 2. The number of aliphatic imine (C=N–C) groups is 1. The van der Waals surface area contributed by atoms with Crippen molar-refractivity contribution >= 4 is 17.8 Å². The Hall–Kier alpha value is -1.14. The van der Waals surface area contributed by atoms with Crippen LogP contribution in [0.2, 0.25) is 0 Å². The lowest BCUT2D eigenvalue weighted by atomic mass is 9.90. The van der Waals surface area contributed by atoms with Crippen molar-refractivity contribution in [1.82, 2.24) is 20.4 Å². The molecule has 2 aliphatic carbocycles. The van der Waals surface area contributed by atoms with Gasteiger partial charge < -0.3 is 20.4 Å². The Bertz CT molecular complexity index is 644. The minimum absolute atomic E-state index is 0.150. The van der Waals surface area contributed by atoms with Gasteiger partial charge >= 0.3 is 0 Å². The van der Waals surface area contributed by atoms with Crippen LogP contribution in [0.3, 0.4) is 0 Å². The minimum Gasteiger partial charge on any atom is -0.388 e. The average molecular weight is 418 g/mol. The fourth-order valence-corrected chi connectivity index (χ4v) is 4.60. The predicted octanol–water partition coefficient (Wildman–Crippen LogP) is 2.62. The van der Waals surface area contributed by atoms with Crippen LogP contribution in [0.5, 0.6) is 0 Å². The summed E-state index contributed by atoms with van der Waals surface area (Å²) < 4.78 is 0. The Balaban J connectivity index is 1.05. The van der Waals surface area contributed by atoms with Crippen LogP contribution >= 0.6 is 11.6 Å². The SMILES string of the molecule is ClC1=CC2N=CC=C(NCCCN3CCN(CCCNCC4CC4)CC3)C2C=C1. The van der Waals surface area contributed by atoms with Gasteiger partial charge in [0.2, 0.25) is 0 Å². The number of fused-ring (bicyclic) bond motifs is 1. The number of hydrogen-bond donors (Lipinski definition) is 2. The van der Waals surface area contributed by atoms with Gasteiger partial charge in [0, 0.05) is 55.6 Å². The van der Waals surface area contributed by atoms with E-state index in [1.54, 1.807) is 0 Å². The van der Waals surface area contributed by atoms with Gasteiger partial charge in [0.15, 0.2) is 0 Å². The quantitative estimate of drug-likeness (QED) is 0.507. The van der Waals surface area contributed by atoms with Gasteiger partial charge in [0.05, 0.1) is 6.04 Å². The van der Waals surface area contributed by atoms with Crippen molar-refractivity contribution < 1.29 is 0 Å². The summed E-state index contributed by atoms with van der Waals surface area (Å²) in [6, 6.07) is 0.150. The van der Waals surface area contributed by atoms with Crippen LogP contribution in [-0.2, 0) is 0 Å². The summed E-state index contributed by atoms with van der Waals surface area (Å²) in [5.74, 6) is 1.30. The molecule has 0 bridgehead atoms. The molecule has 0 radical (unpaired) electrons. The molecule has 2 N–H and O–H groups in total. The highest BCUT2D eigenvalue weighted by molar-refractivity contribution is 6.31. The molecule has 2 atom stereocenters. The van der Waals surface area contributed by atoms with Crippen LogP contribution in [0, 0.1) is 11.8 Å². The summed E-state index contributed by atoms with van der Waals surface area (Å²) in [7, 11) is 0. The zero-order valence-electron chi connectivity index (χ0n) is 17.5. The maximum absolute atomic E-state index is 6.11. The van der Waals surface area contributed by atoms with Crippen molar-refractivity contribution in [2.24, 2.45) is 16.8 Å². The molecule has 29 heavy (non-hydrogen) atoms. The molecule has 6 heteroatoms. The lowest BCUT2D eigenvalue weighted by Crippen LogP contribution is -2.47. The first-order chi connectivity index (χ1) is 14.3. The molecule has 0 aromatic rings. The fraction of sp³-hybridized carbons (Fsp3) is 0.696. The van der Waals surface area contributed by atoms with E-state index in [1.165, 1.54) is 83.7 Å². The smallest absolute Gasteiger partial charge is 0.0814 e. The van der Waals surface area contributed by atoms with E-state index >= 15 is 0 Å². The van der Waals surface area contributed by atoms with Crippen molar-refractivity contribution in [3.05, 3.63) is 35.0 Å². The van der Waals surface area contributed by atoms with E-state index in [0.717, 1.165) is 17.5 Å². The first-order valence-electron chi connectivity index (χ1n) is 11.5. The highest BCUT2D eigenvalue weighted by Crippen LogP contribution is 2.28. The largest absolute Gasteiger partial charge is 0.388 e. The number of hydrogen-bond acceptors (Lipinski definition) is 5. The van der Waals surface area contributed by atoms with E-state index in [-0.39, 0.29) is 6.04 Å². The Morgan fingerprint density at radius 2 is 1.76 bits per heavy atom. The molecule has 2 unspecified atom stereocenters. The summed E-state index contributed by atoms with van der Waals surface area (Å²) >= 11 is 6.11. The van der Waals surface area contributed by atoms with Gasteiger partial charge in [-0.1, -0.05) is 17.7 Å². The third kappa shape index (κ3) is 6.68. The zero-order valence-corrected chi connectivity index (χ0v) is 18.3. The zero-order chi connectivity index (χ0) is 19.9. The standard InChI is InChI=1S/C23H36ClN5/c24-20-5-6-21-22(7-10-27-23(21)17-20)26-9-2-12-29-15-13-28(14-16-29)11-1-8-25-18-19-3-4-19/h5-7,10,17,19,21,23,25-26H,1-4,8-9,11-16,18H2. The van der Waals surface area contributed by atoms with Crippen LogP contribution in [0.15, 0.2) is 40.0 Å². The number of piperazine rings is 1. The molecule has 4 rings (SSSR count). The topological polar surface area (TPSA) is 42.9 Å². The third-order valence-corrected chi connectivity index (χ3v) is 6.69. The van der Waals surface area contributed by atoms with Crippen LogP contribution in [-0.4, -0.2) is 81.0 Å². The first-order valence-corrected chi connectivity index (χ1v) is 11.8. The molecule has 1 saturated carbocycles. The van der Waals surface area contributed by atoms with E-state index in [1.807, 2.05) is 18.4 Å². The Labute approximate surface area is 180 Å². The molecule has 0 amide bonds. The lowest BCUT2D eigenvalue weighted by Gasteiger charge is -2.35. The Kier molecular flexibility index (Phi) is 7.83. The summed E-state index contributed by atoms with van der Waals surface area (Å²) in [6.07, 6.45) is 15.6. The molecular weight excluding hydrogens is 382 g/mol. The van der Waals surface area contributed by atoms with Gasteiger partial charge in [-0.15, -0.1) is 0 Å². The van der Waals surface area contributed by atoms with Crippen molar-refractivity contribution in [3.8, 4) is 0 Å². The molecule has 2 fully saturated rings. The van der Waals surface area contributed by atoms with Gasteiger partial charge in [0.1, 0.15) is 0 Å². The highest BCUT2D eigenvalue weighted by Gasteiger charge is 2.25. The number of nitrogens with zero attached hydrogens (tertiary/aromatic N) is 3. The van der Waals surface area contributed by atoms with Gasteiger partial charge in [-0.25, -0.2) is 0 Å². The molecule has 1 saturated heterocycles. The van der Waals surface area contributed by atoms with Crippen molar-refractivity contribution in [2.75, 3.05) is 58.9 Å². The summed E-state index contributed by atoms with van der Waals surface area (Å²) in [6.45, 7) is 10.7. The van der Waals surface area contributed by atoms with E-state index in [2.05, 4.69) is 37.6 Å². The summed E-state index contributed by atoms with van der Waals surface area (Å²) in [5.41, 5.74) is 1.27. The van der Waals surface area contributed by atoms with E-state index in [9.17, 15) is 0 Å². The van der Waals surface area contributed by atoms with Crippen molar-refractivity contribution in [1.29, 1.82) is 0 Å². The molecule has 0 aromatic heterocycles. The van der Waals surface area contributed by atoms with Gasteiger partial charge in [-0.2, -0.15) is 0 Å². The van der Waals surface area contributed by atoms with Crippen molar-refractivity contribution in [3.63, 3.8) is 0 Å². The average Bonchev–Trinajstić information content (AvgIpc) is 3.56. The number of dihydropyridines is 1. The highest BCUT2D eigenvalue weighted by atomic mass is 35.5. The second-order valence-electron chi connectivity index (χ2n) is 8.81. The van der Waals surface area contributed by atoms with Gasteiger partial charge in [-0.3, -0.25) is 4.99 Å². The minimum atomic E-state index is 0.150. The fourth-order valence-electron chi connectivity index (χ4n) is 4.39. The maximum Gasteiger partial charge on any atom is 0.0814 e. The van der Waals surface area contributed by atoms with Crippen molar-refractivity contribution in [2.45, 2.75) is 31.7 Å². The second-order valence-corrected chi connectivity index (χ2v) is 9.25. The second kappa shape index (κ2) is 10.8. The number of rotatable bonds is 11. The molecule has 2 heterocycles. The van der Waals surface area contributed by atoms with E-state index in [4.69, 9.17) is 11.6 Å². The third-order valence-electron chi connectivity index (χ3n) is 6.44. The normalized spacial score (nSPS) is 27.5. The van der Waals surface area contributed by atoms with Crippen LogP contribution in [0.4, 0.5) is 0 Å². The molecular formula is C23H36ClN5.